The van der Waals surface area contributed by atoms with E-state index in [9.17, 15) is 10.1 Å². The summed E-state index contributed by atoms with van der Waals surface area (Å²) in [5, 5.41) is 14.5. The van der Waals surface area contributed by atoms with Crippen molar-refractivity contribution >= 4 is 0 Å². The zero-order valence-electron chi connectivity index (χ0n) is 6.04. The van der Waals surface area contributed by atoms with Crippen molar-refractivity contribution in [2.24, 2.45) is 0 Å². The largest absolute Gasteiger partial charge is 0.805 e. The third-order valence-electron chi connectivity index (χ3n) is 1.59. The van der Waals surface area contributed by atoms with Crippen molar-refractivity contribution < 1.29 is 4.54 Å². The van der Waals surface area contributed by atoms with Gasteiger partial charge in [0.1, 0.15) is 11.9 Å². The van der Waals surface area contributed by atoms with Crippen molar-refractivity contribution in [3.05, 3.63) is 40.7 Å². The molecule has 0 fully saturated rings. The van der Waals surface area contributed by atoms with Gasteiger partial charge in [-0.1, -0.05) is 0 Å². The molecule has 0 aromatic carbocycles. The molecule has 0 aromatic heterocycles. The van der Waals surface area contributed by atoms with Gasteiger partial charge in [-0.05, 0) is 18.3 Å². The molecule has 0 spiro atoms. The second kappa shape index (κ2) is 2.30. The van der Waals surface area contributed by atoms with E-state index in [1.807, 2.05) is 0 Å². The standard InChI is InChI=1S/C7H5N3O2/c11-9-5-1-2-7-6(9)3-4-8-10(7)12/h1-5H. The maximum atomic E-state index is 11.1. The molecule has 0 saturated carbocycles. The van der Waals surface area contributed by atoms with E-state index in [4.69, 9.17) is 0 Å². The van der Waals surface area contributed by atoms with Crippen LogP contribution in [0.5, 0.6) is 0 Å². The molecule has 12 heavy (non-hydrogen) atoms. The van der Waals surface area contributed by atoms with E-state index >= 15 is 0 Å². The van der Waals surface area contributed by atoms with Gasteiger partial charge in [0, 0.05) is 11.2 Å². The average Bonchev–Trinajstić information content (AvgIpc) is 2.07. The van der Waals surface area contributed by atoms with Gasteiger partial charge < -0.3 is 9.94 Å². The summed E-state index contributed by atoms with van der Waals surface area (Å²) in [6, 6.07) is 4.55. The molecule has 0 aliphatic carbocycles. The van der Waals surface area contributed by atoms with E-state index in [1.54, 1.807) is 6.07 Å². The third-order valence-corrected chi connectivity index (χ3v) is 1.59. The van der Waals surface area contributed by atoms with Crippen LogP contribution in [-0.2, 0) is 0 Å². The van der Waals surface area contributed by atoms with Gasteiger partial charge in [-0.3, -0.25) is 0 Å². The highest BCUT2D eigenvalue weighted by molar-refractivity contribution is 5.51. The zero-order chi connectivity index (χ0) is 8.55. The molecule has 0 aromatic rings. The lowest BCUT2D eigenvalue weighted by Crippen LogP contribution is -2.23. The normalized spacial score (nSPS) is 10.3. The predicted molar refractivity (Wildman–Crippen MR) is 41.0 cm³/mol. The van der Waals surface area contributed by atoms with Crippen LogP contribution in [0.25, 0.3) is 11.4 Å². The smallest absolute Gasteiger partial charge is 0.318 e. The number of aromatic nitrogens is 3. The first kappa shape index (κ1) is 6.78. The van der Waals surface area contributed by atoms with E-state index in [0.717, 1.165) is 0 Å². The predicted octanol–water partition coefficient (Wildman–Crippen LogP) is 0.248. The van der Waals surface area contributed by atoms with E-state index < -0.39 is 0 Å². The minimum absolute atomic E-state index is 0.273. The van der Waals surface area contributed by atoms with Crippen LogP contribution in [0.3, 0.4) is 0 Å². The Kier molecular flexibility index (Phi) is 1.30. The molecular weight excluding hydrogens is 158 g/mol. The van der Waals surface area contributed by atoms with Gasteiger partial charge in [0.2, 0.25) is 0 Å². The van der Waals surface area contributed by atoms with Gasteiger partial charge in [-0.2, -0.15) is 0 Å². The number of pyridine rings is 1. The van der Waals surface area contributed by atoms with Crippen LogP contribution >= 0.6 is 0 Å². The van der Waals surface area contributed by atoms with Crippen molar-refractivity contribution in [3.8, 4) is 11.4 Å². The highest BCUT2D eigenvalue weighted by Crippen LogP contribution is 2.12. The van der Waals surface area contributed by atoms with Crippen molar-refractivity contribution in [3.63, 3.8) is 0 Å². The minimum Gasteiger partial charge on any atom is -0.805 e. The molecule has 0 saturated heterocycles. The third kappa shape index (κ3) is 0.833. The van der Waals surface area contributed by atoms with E-state index in [-0.39, 0.29) is 5.69 Å². The molecule has 0 unspecified atom stereocenters. The minimum atomic E-state index is 0.273. The summed E-state index contributed by atoms with van der Waals surface area (Å²) in [5.74, 6) is 0. The molecule has 0 N–H and O–H groups in total. The average molecular weight is 163 g/mol. The molecule has 2 aliphatic heterocycles. The quantitative estimate of drug-likeness (QED) is 0.523. The summed E-state index contributed by atoms with van der Waals surface area (Å²) in [6.07, 6.45) is 2.63. The van der Waals surface area contributed by atoms with Gasteiger partial charge in [-0.25, -0.2) is 0 Å². The van der Waals surface area contributed by atoms with Crippen LogP contribution in [0.15, 0.2) is 30.6 Å². The number of fused-ring (bicyclic) bond motifs is 1. The van der Waals surface area contributed by atoms with Gasteiger partial charge in [0.05, 0.1) is 4.91 Å². The van der Waals surface area contributed by atoms with Crippen LogP contribution in [0.1, 0.15) is 0 Å². The summed E-state index contributed by atoms with van der Waals surface area (Å²) in [5.41, 5.74) is 0.595. The molecule has 60 valence electrons. The highest BCUT2D eigenvalue weighted by atomic mass is 16.5. The van der Waals surface area contributed by atoms with E-state index in [1.165, 1.54) is 24.5 Å². The fourth-order valence-corrected chi connectivity index (χ4v) is 1.04. The molecule has 0 radical (unpaired) electrons. The summed E-state index contributed by atoms with van der Waals surface area (Å²) in [4.78, 5) is 11.0. The Morgan fingerprint density at radius 1 is 1.50 bits per heavy atom. The molecule has 2 aliphatic rings. The van der Waals surface area contributed by atoms with Crippen molar-refractivity contribution in [1.29, 1.82) is 0 Å². The van der Waals surface area contributed by atoms with Crippen molar-refractivity contribution in [2.45, 2.75) is 0 Å². The van der Waals surface area contributed by atoms with E-state index in [2.05, 4.69) is 5.10 Å². The molecule has 0 atom stereocenters. The van der Waals surface area contributed by atoms with Crippen LogP contribution in [0, 0.1) is 10.1 Å². The second-order valence-electron chi connectivity index (χ2n) is 2.31. The van der Waals surface area contributed by atoms with Crippen LogP contribution < -0.4 is 4.54 Å². The van der Waals surface area contributed by atoms with Gasteiger partial charge in [0.25, 0.3) is 0 Å². The number of rotatable bonds is 0. The Balaban J connectivity index is 2.91. The fourth-order valence-electron chi connectivity index (χ4n) is 1.04. The summed E-state index contributed by atoms with van der Waals surface area (Å²) in [6.45, 7) is 0. The van der Waals surface area contributed by atoms with E-state index in [0.29, 0.717) is 15.0 Å². The van der Waals surface area contributed by atoms with Gasteiger partial charge in [-0.15, -0.1) is 0 Å². The first-order chi connectivity index (χ1) is 5.79. The molecule has 2 heterocycles. The molecule has 0 amide bonds. The molecule has 2 rings (SSSR count). The first-order valence-corrected chi connectivity index (χ1v) is 3.36. The lowest BCUT2D eigenvalue weighted by atomic mass is 10.2. The monoisotopic (exact) mass is 163 g/mol. The Morgan fingerprint density at radius 3 is 3.08 bits per heavy atom. The van der Waals surface area contributed by atoms with Gasteiger partial charge >= 0.3 is 5.69 Å². The van der Waals surface area contributed by atoms with Crippen molar-refractivity contribution in [2.75, 3.05) is 0 Å². The topological polar surface area (TPSA) is 63.8 Å². The molecule has 5 heteroatoms. The highest BCUT2D eigenvalue weighted by Gasteiger charge is 2.14. The summed E-state index contributed by atoms with van der Waals surface area (Å²) < 4.78 is 1.05. The molecule has 5 nitrogen and oxygen atoms in total. The molecular formula is C7H5N3O2. The first-order valence-electron chi connectivity index (χ1n) is 3.36. The number of nitrogens with zero attached hydrogens (tertiary/aromatic N) is 3. The second-order valence-corrected chi connectivity index (χ2v) is 2.31. The number of hydrogen-bond acceptors (Lipinski definition) is 3. The fraction of sp³-hybridized carbons (Fsp3) is 0. The Morgan fingerprint density at radius 2 is 2.33 bits per heavy atom. The summed E-state index contributed by atoms with van der Waals surface area (Å²) >= 11 is 0. The molecule has 0 bridgehead atoms. The maximum Gasteiger partial charge on any atom is 0.318 e. The maximum absolute atomic E-state index is 11.1. The zero-order valence-corrected chi connectivity index (χ0v) is 6.04. The Hall–Kier alpha value is -1.91. The summed E-state index contributed by atoms with van der Waals surface area (Å²) in [7, 11) is 0. The lowest BCUT2D eigenvalue weighted by Gasteiger charge is -2.12. The van der Waals surface area contributed by atoms with Crippen LogP contribution in [0.4, 0.5) is 0 Å². The Bertz CT molecular complexity index is 437. The van der Waals surface area contributed by atoms with Gasteiger partial charge in [0.15, 0.2) is 4.54 Å². The van der Waals surface area contributed by atoms with Crippen LogP contribution in [-0.4, -0.2) is 9.83 Å². The number of hydrogen-bond donors (Lipinski definition) is 0. The van der Waals surface area contributed by atoms with Crippen LogP contribution in [0.2, 0.25) is 0 Å². The lowest BCUT2D eigenvalue weighted by molar-refractivity contribution is -0.553. The Labute approximate surface area is 67.4 Å². The SMILES string of the molecule is O=[n+]1nccc2n([O-])cccc1-2. The van der Waals surface area contributed by atoms with Crippen molar-refractivity contribution in [1.82, 2.24) is 9.83 Å².